The van der Waals surface area contributed by atoms with E-state index in [1.54, 1.807) is 53.7 Å². The van der Waals surface area contributed by atoms with Crippen LogP contribution in [0.1, 0.15) is 86.5 Å². The van der Waals surface area contributed by atoms with Crippen molar-refractivity contribution in [2.24, 2.45) is 5.41 Å². The third-order valence-corrected chi connectivity index (χ3v) is 6.96. The number of terminal acetylenes is 1. The number of likely N-dealkylation sites (tertiary alicyclic amines) is 1. The summed E-state index contributed by atoms with van der Waals surface area (Å²) in [7, 11) is 0. The van der Waals surface area contributed by atoms with Crippen LogP contribution in [-0.2, 0) is 14.9 Å². The van der Waals surface area contributed by atoms with Crippen LogP contribution < -0.4 is 4.90 Å². The zero-order valence-electron chi connectivity index (χ0n) is 26.8. The van der Waals surface area contributed by atoms with Crippen LogP contribution >= 0.6 is 0 Å². The van der Waals surface area contributed by atoms with Gasteiger partial charge < -0.3 is 19.5 Å². The molecular formula is C32H40N6O6. The monoisotopic (exact) mass is 604 g/mol. The van der Waals surface area contributed by atoms with Crippen molar-refractivity contribution in [3.8, 4) is 29.7 Å². The van der Waals surface area contributed by atoms with Crippen molar-refractivity contribution in [3.63, 3.8) is 0 Å². The second-order valence-electron chi connectivity index (χ2n) is 13.8. The molecule has 0 saturated carbocycles. The van der Waals surface area contributed by atoms with Gasteiger partial charge >= 0.3 is 18.3 Å². The van der Waals surface area contributed by atoms with Gasteiger partial charge in [-0.3, -0.25) is 4.98 Å². The SMILES string of the molecule is C#Cc1nc(-c2ccnc(C3(C#N)CCN(C(=O)O)C(C(C)(C)C)C3)c2)cnc1N(C(=O)OC(C)(C)C)C(=O)OC(C)(C)C. The zero-order chi connectivity index (χ0) is 33.3. The van der Waals surface area contributed by atoms with Crippen LogP contribution in [0, 0.1) is 29.1 Å². The number of rotatable bonds is 3. The standard InChI is InChI=1S/C32H40N6O6/c1-11-21-25(38(27(41)43-30(5,6)7)28(42)44-31(8,9)10)35-18-22(36-21)20-12-14-34-23(16-20)32(19-33)13-15-37(26(39)40)24(17-32)29(2,3)4/h1,12,14,16,18,24H,13,15,17H2,2-10H3,(H,39,40). The number of nitrogens with zero attached hydrogens (tertiary/aromatic N) is 6. The summed E-state index contributed by atoms with van der Waals surface area (Å²) < 4.78 is 10.9. The number of amides is 3. The first-order chi connectivity index (χ1) is 20.2. The maximum Gasteiger partial charge on any atom is 0.425 e. The van der Waals surface area contributed by atoms with E-state index in [1.807, 2.05) is 20.8 Å². The molecule has 1 N–H and O–H groups in total. The summed E-state index contributed by atoms with van der Waals surface area (Å²) >= 11 is 0. The minimum absolute atomic E-state index is 0.116. The van der Waals surface area contributed by atoms with E-state index in [0.29, 0.717) is 21.9 Å². The second-order valence-corrected chi connectivity index (χ2v) is 13.8. The molecule has 2 aromatic heterocycles. The molecule has 0 spiro atoms. The van der Waals surface area contributed by atoms with Gasteiger partial charge in [-0.25, -0.2) is 24.4 Å². The highest BCUT2D eigenvalue weighted by Gasteiger charge is 2.48. The summed E-state index contributed by atoms with van der Waals surface area (Å²) in [6.45, 7) is 15.9. The van der Waals surface area contributed by atoms with Gasteiger partial charge in [-0.2, -0.15) is 10.2 Å². The summed E-state index contributed by atoms with van der Waals surface area (Å²) in [5.41, 5.74) is -2.14. The van der Waals surface area contributed by atoms with Crippen LogP contribution in [0.3, 0.4) is 0 Å². The van der Waals surface area contributed by atoms with Crippen molar-refractivity contribution in [3.05, 3.63) is 35.9 Å². The normalized spacial score (nSPS) is 18.9. The van der Waals surface area contributed by atoms with Gasteiger partial charge in [0.05, 0.1) is 23.7 Å². The van der Waals surface area contributed by atoms with Crippen molar-refractivity contribution in [1.29, 1.82) is 5.26 Å². The van der Waals surface area contributed by atoms with E-state index in [0.717, 1.165) is 0 Å². The third-order valence-electron chi connectivity index (χ3n) is 6.96. The van der Waals surface area contributed by atoms with Gasteiger partial charge in [-0.15, -0.1) is 6.42 Å². The summed E-state index contributed by atoms with van der Waals surface area (Å²) in [6.07, 6.45) is 6.10. The molecule has 2 aromatic rings. The first-order valence-corrected chi connectivity index (χ1v) is 14.2. The van der Waals surface area contributed by atoms with E-state index in [1.165, 1.54) is 17.3 Å². The second kappa shape index (κ2) is 12.1. The Bertz CT molecular complexity index is 1490. The van der Waals surface area contributed by atoms with Crippen LogP contribution in [0.25, 0.3) is 11.3 Å². The van der Waals surface area contributed by atoms with Gasteiger partial charge in [0.1, 0.15) is 16.6 Å². The van der Waals surface area contributed by atoms with Gasteiger partial charge in [0, 0.05) is 24.3 Å². The number of carbonyl (C=O) groups is 3. The zero-order valence-corrected chi connectivity index (χ0v) is 26.8. The summed E-state index contributed by atoms with van der Waals surface area (Å²) in [4.78, 5) is 53.7. The van der Waals surface area contributed by atoms with Crippen LogP contribution in [-0.4, -0.2) is 67.0 Å². The molecular weight excluding hydrogens is 564 g/mol. The van der Waals surface area contributed by atoms with Crippen molar-refractivity contribution in [2.45, 2.75) is 97.8 Å². The fourth-order valence-corrected chi connectivity index (χ4v) is 4.90. The highest BCUT2D eigenvalue weighted by atomic mass is 16.6. The van der Waals surface area contributed by atoms with Gasteiger partial charge in [-0.1, -0.05) is 20.8 Å². The molecule has 12 heteroatoms. The average molecular weight is 605 g/mol. The number of anilines is 1. The molecule has 44 heavy (non-hydrogen) atoms. The van der Waals surface area contributed by atoms with Crippen LogP contribution in [0.4, 0.5) is 20.2 Å². The molecule has 0 aromatic carbocycles. The molecule has 3 amide bonds. The molecule has 0 radical (unpaired) electrons. The van der Waals surface area contributed by atoms with Crippen molar-refractivity contribution < 1.29 is 29.0 Å². The van der Waals surface area contributed by atoms with Gasteiger partial charge in [-0.05, 0) is 77.9 Å². The fourth-order valence-electron chi connectivity index (χ4n) is 4.90. The third kappa shape index (κ3) is 7.62. The Labute approximate surface area is 258 Å². The molecule has 3 heterocycles. The van der Waals surface area contributed by atoms with Gasteiger partial charge in [0.15, 0.2) is 11.5 Å². The molecule has 12 nitrogen and oxygen atoms in total. The van der Waals surface area contributed by atoms with E-state index < -0.39 is 46.4 Å². The Morgan fingerprint density at radius 2 is 1.66 bits per heavy atom. The molecule has 234 valence electrons. The minimum atomic E-state index is -1.05. The molecule has 1 aliphatic rings. The number of carbonyl (C=O) groups excluding carboxylic acids is 2. The number of imide groups is 1. The molecule has 1 fully saturated rings. The molecule has 2 atom stereocenters. The fraction of sp³-hybridized carbons (Fsp3) is 0.531. The lowest BCUT2D eigenvalue weighted by Gasteiger charge is -2.47. The first-order valence-electron chi connectivity index (χ1n) is 14.2. The Kier molecular flexibility index (Phi) is 9.30. The molecule has 1 aliphatic heterocycles. The average Bonchev–Trinajstić information content (AvgIpc) is 2.90. The first kappa shape index (κ1) is 33.8. The number of aromatic nitrogens is 3. The lowest BCUT2D eigenvalue weighted by atomic mass is 9.68. The smallest absolute Gasteiger partial charge is 0.425 e. The Balaban J connectivity index is 2.07. The van der Waals surface area contributed by atoms with E-state index >= 15 is 0 Å². The van der Waals surface area contributed by atoms with Crippen LogP contribution in [0.5, 0.6) is 0 Å². The predicted molar refractivity (Wildman–Crippen MR) is 163 cm³/mol. The maximum absolute atomic E-state index is 13.1. The number of nitriles is 1. The molecule has 3 rings (SSSR count). The predicted octanol–water partition coefficient (Wildman–Crippen LogP) is 6.15. The lowest BCUT2D eigenvalue weighted by molar-refractivity contribution is 0.0403. The van der Waals surface area contributed by atoms with Crippen LogP contribution in [0.15, 0.2) is 24.5 Å². The molecule has 1 saturated heterocycles. The highest BCUT2D eigenvalue weighted by molar-refractivity contribution is 6.09. The minimum Gasteiger partial charge on any atom is -0.465 e. The molecule has 2 unspecified atom stereocenters. The summed E-state index contributed by atoms with van der Waals surface area (Å²) in [6, 6.07) is 5.39. The maximum atomic E-state index is 13.1. The van der Waals surface area contributed by atoms with Crippen molar-refractivity contribution in [1.82, 2.24) is 19.9 Å². The van der Waals surface area contributed by atoms with E-state index in [2.05, 4.69) is 26.9 Å². The van der Waals surface area contributed by atoms with E-state index in [-0.39, 0.29) is 30.9 Å². The largest absolute Gasteiger partial charge is 0.465 e. The number of ether oxygens (including phenoxy) is 2. The summed E-state index contributed by atoms with van der Waals surface area (Å²) in [5.74, 6) is 2.16. The van der Waals surface area contributed by atoms with Gasteiger partial charge in [0.25, 0.3) is 0 Å². The van der Waals surface area contributed by atoms with Crippen molar-refractivity contribution in [2.75, 3.05) is 11.4 Å². The van der Waals surface area contributed by atoms with E-state index in [9.17, 15) is 24.8 Å². The Hall–Kier alpha value is -4.71. The number of carboxylic acid groups (broad SMARTS) is 1. The number of hydrogen-bond donors (Lipinski definition) is 1. The molecule has 0 bridgehead atoms. The molecule has 0 aliphatic carbocycles. The Morgan fingerprint density at radius 3 is 2.14 bits per heavy atom. The Morgan fingerprint density at radius 1 is 1.07 bits per heavy atom. The topological polar surface area (TPSA) is 159 Å². The van der Waals surface area contributed by atoms with E-state index in [4.69, 9.17) is 15.9 Å². The number of hydrogen-bond acceptors (Lipinski definition) is 9. The van der Waals surface area contributed by atoms with Crippen LogP contribution in [0.2, 0.25) is 0 Å². The van der Waals surface area contributed by atoms with Crippen molar-refractivity contribution >= 4 is 24.1 Å². The van der Waals surface area contributed by atoms with Gasteiger partial charge in [0.2, 0.25) is 0 Å². The lowest BCUT2D eigenvalue weighted by Crippen LogP contribution is -2.55. The quantitative estimate of drug-likeness (QED) is 0.403. The number of pyridine rings is 1. The summed E-state index contributed by atoms with van der Waals surface area (Å²) in [5, 5.41) is 20.2. The highest BCUT2D eigenvalue weighted by Crippen LogP contribution is 2.43. The number of piperidine rings is 1.